The number of aromatic nitrogens is 3. The molecule has 4 aromatic rings. The Morgan fingerprint density at radius 2 is 1.91 bits per heavy atom. The normalized spacial score (nSPS) is 15.4. The summed E-state index contributed by atoms with van der Waals surface area (Å²) in [5, 5.41) is 10.8. The number of carbonyl (C=O) groups excluding carboxylic acids is 1. The molecule has 8 heteroatoms. The molecule has 1 aliphatic rings. The van der Waals surface area contributed by atoms with Gasteiger partial charge in [0.05, 0.1) is 17.4 Å². The highest BCUT2D eigenvalue weighted by Gasteiger charge is 2.18. The molecule has 2 aromatic carbocycles. The third kappa shape index (κ3) is 4.57. The number of amides is 1. The molecule has 0 fully saturated rings. The van der Waals surface area contributed by atoms with E-state index in [1.807, 2.05) is 79.7 Å². The molecule has 1 unspecified atom stereocenters. The van der Waals surface area contributed by atoms with E-state index in [2.05, 4.69) is 25.5 Å². The topological polar surface area (TPSA) is 95.5 Å². The second kappa shape index (κ2) is 9.29. The SMILES string of the molecule is CN(C)C1CC=C(NC(=O)c2n[nH]c3ccc(-c4cncc(Oc5ccccc5)c4)cc23)C=N1. The number of dihydropyridines is 1. The van der Waals surface area contributed by atoms with Crippen LogP contribution < -0.4 is 10.1 Å². The highest BCUT2D eigenvalue weighted by Crippen LogP contribution is 2.29. The summed E-state index contributed by atoms with van der Waals surface area (Å²) in [5.41, 5.74) is 3.55. The van der Waals surface area contributed by atoms with Crippen LogP contribution in [0, 0.1) is 0 Å². The number of aliphatic imine (C=N–C) groups is 1. The number of nitrogens with one attached hydrogen (secondary N) is 2. The van der Waals surface area contributed by atoms with Crippen LogP contribution in [0.5, 0.6) is 11.5 Å². The molecule has 0 bridgehead atoms. The van der Waals surface area contributed by atoms with E-state index in [1.165, 1.54) is 0 Å². The molecule has 2 aromatic heterocycles. The van der Waals surface area contributed by atoms with Crippen LogP contribution in [0.25, 0.3) is 22.0 Å². The molecule has 5 rings (SSSR count). The first-order valence-electron chi connectivity index (χ1n) is 10.9. The predicted octanol–water partition coefficient (Wildman–Crippen LogP) is 4.39. The summed E-state index contributed by atoms with van der Waals surface area (Å²) in [6.45, 7) is 0. The fourth-order valence-electron chi connectivity index (χ4n) is 3.75. The number of para-hydroxylation sites is 1. The fourth-order valence-corrected chi connectivity index (χ4v) is 3.75. The van der Waals surface area contributed by atoms with Crippen molar-refractivity contribution in [2.45, 2.75) is 12.6 Å². The van der Waals surface area contributed by atoms with Crippen molar-refractivity contribution in [2.75, 3.05) is 14.1 Å². The predicted molar refractivity (Wildman–Crippen MR) is 132 cm³/mol. The Hall–Kier alpha value is -4.30. The number of nitrogens with zero attached hydrogens (tertiary/aromatic N) is 4. The Morgan fingerprint density at radius 3 is 2.68 bits per heavy atom. The number of pyridine rings is 1. The minimum Gasteiger partial charge on any atom is -0.456 e. The highest BCUT2D eigenvalue weighted by molar-refractivity contribution is 6.07. The molecule has 1 atom stereocenters. The first-order valence-corrected chi connectivity index (χ1v) is 10.9. The number of rotatable bonds is 6. The van der Waals surface area contributed by atoms with Gasteiger partial charge < -0.3 is 10.1 Å². The number of fused-ring (bicyclic) bond motifs is 1. The van der Waals surface area contributed by atoms with Crippen LogP contribution in [0.15, 0.2) is 83.8 Å². The van der Waals surface area contributed by atoms with Crippen LogP contribution in [0.1, 0.15) is 16.9 Å². The first-order chi connectivity index (χ1) is 16.6. The number of hydrogen-bond donors (Lipinski definition) is 2. The lowest BCUT2D eigenvalue weighted by atomic mass is 10.0. The maximum atomic E-state index is 13.0. The summed E-state index contributed by atoms with van der Waals surface area (Å²) >= 11 is 0. The molecule has 0 radical (unpaired) electrons. The van der Waals surface area contributed by atoms with Crippen LogP contribution >= 0.6 is 0 Å². The molecule has 1 aliphatic heterocycles. The van der Waals surface area contributed by atoms with Gasteiger partial charge in [0.15, 0.2) is 5.69 Å². The van der Waals surface area contributed by atoms with E-state index in [-0.39, 0.29) is 12.1 Å². The minimum atomic E-state index is -0.288. The summed E-state index contributed by atoms with van der Waals surface area (Å²) in [6, 6.07) is 17.3. The molecule has 34 heavy (non-hydrogen) atoms. The van der Waals surface area contributed by atoms with Gasteiger partial charge in [-0.3, -0.25) is 24.8 Å². The van der Waals surface area contributed by atoms with Gasteiger partial charge in [-0.1, -0.05) is 30.3 Å². The lowest BCUT2D eigenvalue weighted by molar-refractivity contribution is 0.0964. The average molecular weight is 453 g/mol. The van der Waals surface area contributed by atoms with Crippen molar-refractivity contribution >= 4 is 23.0 Å². The quantitative estimate of drug-likeness (QED) is 0.452. The molecule has 0 aliphatic carbocycles. The number of ether oxygens (including phenoxy) is 1. The summed E-state index contributed by atoms with van der Waals surface area (Å²) in [7, 11) is 3.96. The molecule has 8 nitrogen and oxygen atoms in total. The van der Waals surface area contributed by atoms with Crippen molar-refractivity contribution in [1.29, 1.82) is 0 Å². The summed E-state index contributed by atoms with van der Waals surface area (Å²) in [4.78, 5) is 23.8. The third-order valence-electron chi connectivity index (χ3n) is 5.59. The molecule has 0 saturated carbocycles. The van der Waals surface area contributed by atoms with Gasteiger partial charge in [0.25, 0.3) is 5.91 Å². The summed E-state index contributed by atoms with van der Waals surface area (Å²) in [6.07, 6.45) is 7.93. The number of aromatic amines is 1. The van der Waals surface area contributed by atoms with Crippen molar-refractivity contribution in [1.82, 2.24) is 25.4 Å². The lowest BCUT2D eigenvalue weighted by Gasteiger charge is -2.22. The van der Waals surface area contributed by atoms with Crippen molar-refractivity contribution in [3.8, 4) is 22.6 Å². The van der Waals surface area contributed by atoms with Gasteiger partial charge in [-0.15, -0.1) is 0 Å². The molecular formula is C26H24N6O2. The van der Waals surface area contributed by atoms with E-state index >= 15 is 0 Å². The van der Waals surface area contributed by atoms with Gasteiger partial charge in [-0.05, 0) is 50.0 Å². The zero-order chi connectivity index (χ0) is 23.5. The van der Waals surface area contributed by atoms with Crippen LogP contribution in [0.3, 0.4) is 0 Å². The maximum Gasteiger partial charge on any atom is 0.276 e. The number of H-pyrrole nitrogens is 1. The van der Waals surface area contributed by atoms with E-state index in [4.69, 9.17) is 4.74 Å². The number of allylic oxidation sites excluding steroid dienone is 1. The Balaban J connectivity index is 1.38. The zero-order valence-corrected chi connectivity index (χ0v) is 18.9. The molecule has 0 saturated heterocycles. The fraction of sp³-hybridized carbons (Fsp3) is 0.154. The summed E-state index contributed by atoms with van der Waals surface area (Å²) < 4.78 is 5.92. The largest absolute Gasteiger partial charge is 0.456 e. The zero-order valence-electron chi connectivity index (χ0n) is 18.9. The number of benzene rings is 2. The van der Waals surface area contributed by atoms with Gasteiger partial charge in [0.1, 0.15) is 17.7 Å². The first kappa shape index (κ1) is 21.5. The van der Waals surface area contributed by atoms with Crippen molar-refractivity contribution in [3.05, 3.63) is 84.5 Å². The molecule has 170 valence electrons. The van der Waals surface area contributed by atoms with Gasteiger partial charge in [0.2, 0.25) is 0 Å². The van der Waals surface area contributed by atoms with Gasteiger partial charge in [0, 0.05) is 29.8 Å². The second-order valence-corrected chi connectivity index (χ2v) is 8.23. The monoisotopic (exact) mass is 452 g/mol. The van der Waals surface area contributed by atoms with E-state index in [1.54, 1.807) is 18.6 Å². The van der Waals surface area contributed by atoms with Crippen molar-refractivity contribution < 1.29 is 9.53 Å². The molecule has 1 amide bonds. The van der Waals surface area contributed by atoms with E-state index in [0.717, 1.165) is 34.2 Å². The van der Waals surface area contributed by atoms with Crippen LogP contribution in [-0.2, 0) is 0 Å². The Bertz CT molecular complexity index is 1390. The number of hydrogen-bond acceptors (Lipinski definition) is 6. The minimum absolute atomic E-state index is 0.0877. The Labute approximate surface area is 197 Å². The molecule has 3 heterocycles. The second-order valence-electron chi connectivity index (χ2n) is 8.23. The lowest BCUT2D eigenvalue weighted by Crippen LogP contribution is -2.31. The Morgan fingerprint density at radius 1 is 1.06 bits per heavy atom. The van der Waals surface area contributed by atoms with Crippen LogP contribution in [-0.4, -0.2) is 52.5 Å². The van der Waals surface area contributed by atoms with Crippen molar-refractivity contribution in [3.63, 3.8) is 0 Å². The van der Waals surface area contributed by atoms with Gasteiger partial charge in [-0.25, -0.2) is 0 Å². The standard InChI is InChI=1S/C26H24N6O2/c1-32(2)24-11-9-19(15-28-24)29-26(33)25-22-13-17(8-10-23(22)30-31-25)18-12-21(16-27-14-18)34-20-6-4-3-5-7-20/h3-10,12-16,24H,11H2,1-2H3,(H,29,33)(H,30,31). The molecule has 0 spiro atoms. The summed E-state index contributed by atoms with van der Waals surface area (Å²) in [5.74, 6) is 1.08. The maximum absolute atomic E-state index is 13.0. The van der Waals surface area contributed by atoms with Gasteiger partial charge >= 0.3 is 0 Å². The van der Waals surface area contributed by atoms with E-state index in [0.29, 0.717) is 17.1 Å². The Kier molecular flexibility index (Phi) is 5.88. The van der Waals surface area contributed by atoms with Gasteiger partial charge in [-0.2, -0.15) is 5.10 Å². The highest BCUT2D eigenvalue weighted by atomic mass is 16.5. The van der Waals surface area contributed by atoms with E-state index in [9.17, 15) is 4.79 Å². The van der Waals surface area contributed by atoms with Crippen LogP contribution in [0.4, 0.5) is 0 Å². The third-order valence-corrected chi connectivity index (χ3v) is 5.59. The molecule has 2 N–H and O–H groups in total. The molecular weight excluding hydrogens is 428 g/mol. The van der Waals surface area contributed by atoms with E-state index < -0.39 is 0 Å². The van der Waals surface area contributed by atoms with Crippen molar-refractivity contribution in [2.24, 2.45) is 4.99 Å². The average Bonchev–Trinajstić information content (AvgIpc) is 3.29. The van der Waals surface area contributed by atoms with Crippen LogP contribution in [0.2, 0.25) is 0 Å². The number of carbonyl (C=O) groups is 1. The smallest absolute Gasteiger partial charge is 0.276 e.